The molecule has 7 nitrogen and oxygen atoms in total. The zero-order valence-corrected chi connectivity index (χ0v) is 18.8. The number of sulfonamides is 1. The van der Waals surface area contributed by atoms with E-state index in [2.05, 4.69) is 20.8 Å². The fraction of sp³-hybridized carbons (Fsp3) is 0.0385. The third-order valence-electron chi connectivity index (χ3n) is 5.47. The lowest BCUT2D eigenvalue weighted by atomic mass is 10.1. The van der Waals surface area contributed by atoms with Crippen LogP contribution in [-0.2, 0) is 16.6 Å². The molecule has 0 aliphatic carbocycles. The van der Waals surface area contributed by atoms with Crippen LogP contribution >= 0.6 is 0 Å². The smallest absolute Gasteiger partial charge is 0.264 e. The van der Waals surface area contributed by atoms with Crippen molar-refractivity contribution in [1.82, 2.24) is 14.5 Å². The van der Waals surface area contributed by atoms with E-state index in [-0.39, 0.29) is 4.90 Å². The Balaban J connectivity index is 1.40. The first-order chi connectivity index (χ1) is 16.5. The molecule has 0 aliphatic rings. The summed E-state index contributed by atoms with van der Waals surface area (Å²) in [6.45, 7) is 0.502. The second-order valence-electron chi connectivity index (χ2n) is 7.66. The Morgan fingerprint density at radius 1 is 0.882 bits per heavy atom. The molecule has 0 fully saturated rings. The molecule has 2 aromatic heterocycles. The molecule has 0 bridgehead atoms. The summed E-state index contributed by atoms with van der Waals surface area (Å²) in [6, 6.07) is 25.4. The number of hydrogen-bond donors (Lipinski definition) is 1. The maximum Gasteiger partial charge on any atom is 0.264 e. The van der Waals surface area contributed by atoms with Gasteiger partial charge >= 0.3 is 0 Å². The summed E-state index contributed by atoms with van der Waals surface area (Å²) in [5.41, 5.74) is 3.21. The van der Waals surface area contributed by atoms with Gasteiger partial charge in [-0.05, 0) is 48.0 Å². The van der Waals surface area contributed by atoms with E-state index in [1.54, 1.807) is 48.8 Å². The standard InChI is InChI=1S/C26H19N5O2S/c27-17-21-5-1-2-6-22(21)18-31-16-15-29-26(31)20-10-12-23(13-11-20)30-34(32,33)24-9-3-7-19-8-4-14-28-25(19)24/h1-16,30H,18H2. The van der Waals surface area contributed by atoms with Gasteiger partial charge in [-0.3, -0.25) is 9.71 Å². The first-order valence-electron chi connectivity index (χ1n) is 10.5. The highest BCUT2D eigenvalue weighted by molar-refractivity contribution is 7.93. The van der Waals surface area contributed by atoms with Gasteiger partial charge in [0.1, 0.15) is 10.7 Å². The topological polar surface area (TPSA) is 101 Å². The molecule has 0 radical (unpaired) electrons. The summed E-state index contributed by atoms with van der Waals surface area (Å²) in [5, 5.41) is 10.1. The van der Waals surface area contributed by atoms with E-state index < -0.39 is 10.0 Å². The predicted molar refractivity (Wildman–Crippen MR) is 130 cm³/mol. The summed E-state index contributed by atoms with van der Waals surface area (Å²) in [4.78, 5) is 8.83. The molecule has 34 heavy (non-hydrogen) atoms. The van der Waals surface area contributed by atoms with E-state index in [1.807, 2.05) is 53.2 Å². The van der Waals surface area contributed by atoms with Crippen LogP contribution in [0.5, 0.6) is 0 Å². The number of nitrogens with one attached hydrogen (secondary N) is 1. The largest absolute Gasteiger partial charge is 0.327 e. The molecule has 5 rings (SSSR count). The van der Waals surface area contributed by atoms with Gasteiger partial charge in [0, 0.05) is 35.2 Å². The van der Waals surface area contributed by atoms with E-state index >= 15 is 0 Å². The molecule has 0 saturated heterocycles. The lowest BCUT2D eigenvalue weighted by Crippen LogP contribution is -2.13. The Labute approximate surface area is 197 Å². The van der Waals surface area contributed by atoms with Crippen molar-refractivity contribution < 1.29 is 8.42 Å². The number of anilines is 1. The van der Waals surface area contributed by atoms with Crippen LogP contribution in [0.1, 0.15) is 11.1 Å². The molecule has 0 amide bonds. The fourth-order valence-electron chi connectivity index (χ4n) is 3.84. The second-order valence-corrected chi connectivity index (χ2v) is 9.31. The molecular formula is C26H19N5O2S. The van der Waals surface area contributed by atoms with Crippen LogP contribution in [0.25, 0.3) is 22.3 Å². The van der Waals surface area contributed by atoms with Gasteiger partial charge in [0.15, 0.2) is 0 Å². The van der Waals surface area contributed by atoms with Crippen molar-refractivity contribution in [2.24, 2.45) is 0 Å². The lowest BCUT2D eigenvalue weighted by molar-refractivity contribution is 0.602. The number of para-hydroxylation sites is 1. The highest BCUT2D eigenvalue weighted by Crippen LogP contribution is 2.25. The molecule has 1 N–H and O–H groups in total. The molecule has 3 aromatic carbocycles. The molecule has 0 spiro atoms. The van der Waals surface area contributed by atoms with Gasteiger partial charge in [0.2, 0.25) is 0 Å². The van der Waals surface area contributed by atoms with Gasteiger partial charge in [-0.2, -0.15) is 5.26 Å². The Hall–Kier alpha value is -4.48. The maximum atomic E-state index is 13.1. The first-order valence-corrected chi connectivity index (χ1v) is 12.0. The fourth-order valence-corrected chi connectivity index (χ4v) is 5.08. The molecule has 0 saturated carbocycles. The molecular weight excluding hydrogens is 446 g/mol. The minimum atomic E-state index is -3.83. The van der Waals surface area contributed by atoms with Crippen molar-refractivity contribution in [1.29, 1.82) is 5.26 Å². The average Bonchev–Trinajstić information content (AvgIpc) is 3.32. The quantitative estimate of drug-likeness (QED) is 0.387. The van der Waals surface area contributed by atoms with Gasteiger partial charge in [0.25, 0.3) is 10.0 Å². The minimum Gasteiger partial charge on any atom is -0.327 e. The summed E-state index contributed by atoms with van der Waals surface area (Å²) in [6.07, 6.45) is 5.13. The van der Waals surface area contributed by atoms with Crippen LogP contribution in [0.2, 0.25) is 0 Å². The van der Waals surface area contributed by atoms with Gasteiger partial charge in [-0.1, -0.05) is 36.4 Å². The highest BCUT2D eigenvalue weighted by Gasteiger charge is 2.18. The molecule has 2 heterocycles. The lowest BCUT2D eigenvalue weighted by Gasteiger charge is -2.12. The van der Waals surface area contributed by atoms with E-state index in [9.17, 15) is 13.7 Å². The molecule has 0 unspecified atom stereocenters. The number of aromatic nitrogens is 3. The number of rotatable bonds is 6. The Kier molecular flexibility index (Phi) is 5.54. The average molecular weight is 466 g/mol. The summed E-state index contributed by atoms with van der Waals surface area (Å²) < 4.78 is 30.7. The number of benzene rings is 3. The number of nitrogens with zero attached hydrogens (tertiary/aromatic N) is 4. The van der Waals surface area contributed by atoms with Crippen LogP contribution in [0.4, 0.5) is 5.69 Å². The molecule has 5 aromatic rings. The number of fused-ring (bicyclic) bond motifs is 1. The van der Waals surface area contributed by atoms with E-state index in [4.69, 9.17) is 0 Å². The van der Waals surface area contributed by atoms with E-state index in [0.29, 0.717) is 23.3 Å². The van der Waals surface area contributed by atoms with Crippen LogP contribution in [-0.4, -0.2) is 23.0 Å². The molecule has 0 atom stereocenters. The summed E-state index contributed by atoms with van der Waals surface area (Å²) >= 11 is 0. The number of pyridine rings is 1. The Morgan fingerprint density at radius 3 is 2.50 bits per heavy atom. The van der Waals surface area contributed by atoms with Crippen LogP contribution in [0.3, 0.4) is 0 Å². The Morgan fingerprint density at radius 2 is 1.68 bits per heavy atom. The second kappa shape index (κ2) is 8.81. The van der Waals surface area contributed by atoms with Crippen molar-refractivity contribution in [3.05, 3.63) is 109 Å². The predicted octanol–water partition coefficient (Wildman–Crippen LogP) is 4.82. The third kappa shape index (κ3) is 4.12. The Bertz CT molecular complexity index is 1630. The van der Waals surface area contributed by atoms with Gasteiger partial charge in [-0.15, -0.1) is 0 Å². The van der Waals surface area contributed by atoms with Crippen molar-refractivity contribution in [2.75, 3.05) is 4.72 Å². The monoisotopic (exact) mass is 465 g/mol. The number of imidazole rings is 1. The first kappa shape index (κ1) is 21.4. The van der Waals surface area contributed by atoms with Crippen molar-refractivity contribution in [3.8, 4) is 17.5 Å². The minimum absolute atomic E-state index is 0.126. The van der Waals surface area contributed by atoms with Crippen molar-refractivity contribution in [3.63, 3.8) is 0 Å². The van der Waals surface area contributed by atoms with E-state index in [0.717, 1.165) is 22.3 Å². The number of hydrogen-bond acceptors (Lipinski definition) is 5. The normalized spacial score (nSPS) is 11.3. The van der Waals surface area contributed by atoms with Gasteiger partial charge in [0.05, 0.1) is 23.7 Å². The van der Waals surface area contributed by atoms with Crippen molar-refractivity contribution in [2.45, 2.75) is 11.4 Å². The zero-order chi connectivity index (χ0) is 23.5. The van der Waals surface area contributed by atoms with Crippen LogP contribution in [0.15, 0.2) is 102 Å². The highest BCUT2D eigenvalue weighted by atomic mass is 32.2. The summed E-state index contributed by atoms with van der Waals surface area (Å²) in [5.74, 6) is 0.723. The zero-order valence-electron chi connectivity index (χ0n) is 18.0. The molecule has 0 aliphatic heterocycles. The van der Waals surface area contributed by atoms with Crippen LogP contribution in [0, 0.1) is 11.3 Å². The van der Waals surface area contributed by atoms with Gasteiger partial charge in [-0.25, -0.2) is 13.4 Å². The van der Waals surface area contributed by atoms with Crippen molar-refractivity contribution >= 4 is 26.6 Å². The van der Waals surface area contributed by atoms with Gasteiger partial charge < -0.3 is 4.57 Å². The van der Waals surface area contributed by atoms with E-state index in [1.165, 1.54) is 0 Å². The third-order valence-corrected chi connectivity index (χ3v) is 6.89. The SMILES string of the molecule is N#Cc1ccccc1Cn1ccnc1-c1ccc(NS(=O)(=O)c2cccc3cccnc23)cc1. The summed E-state index contributed by atoms with van der Waals surface area (Å²) in [7, 11) is -3.83. The maximum absolute atomic E-state index is 13.1. The molecule has 8 heteroatoms. The molecule has 166 valence electrons. The van der Waals surface area contributed by atoms with Crippen LogP contribution < -0.4 is 4.72 Å². The number of nitriles is 1.